The van der Waals surface area contributed by atoms with Crippen LogP contribution in [0.15, 0.2) is 18.3 Å². The fraction of sp³-hybridized carbons (Fsp3) is 0.250. The number of imidazole rings is 1. The summed E-state index contributed by atoms with van der Waals surface area (Å²) in [5.41, 5.74) is 0.336. The van der Waals surface area contributed by atoms with Crippen LogP contribution < -0.4 is 4.74 Å². The third-order valence-electron chi connectivity index (χ3n) is 2.53. The molecule has 2 heterocycles. The summed E-state index contributed by atoms with van der Waals surface area (Å²) in [6.45, 7) is 1.44. The predicted molar refractivity (Wildman–Crippen MR) is 63.1 cm³/mol. The van der Waals surface area contributed by atoms with Gasteiger partial charge in [-0.2, -0.15) is 0 Å². The minimum absolute atomic E-state index is 0.0744. The zero-order valence-electron chi connectivity index (χ0n) is 10.0. The summed E-state index contributed by atoms with van der Waals surface area (Å²) >= 11 is 0. The van der Waals surface area contributed by atoms with Crippen LogP contribution in [0.3, 0.4) is 0 Å². The second-order valence-corrected chi connectivity index (χ2v) is 3.88. The first kappa shape index (κ1) is 12.1. The lowest BCUT2D eigenvalue weighted by Gasteiger charge is -2.02. The minimum atomic E-state index is -1.13. The van der Waals surface area contributed by atoms with Gasteiger partial charge in [0.25, 0.3) is 0 Å². The molecule has 0 amide bonds. The molecule has 2 rings (SSSR count). The Morgan fingerprint density at radius 3 is 2.78 bits per heavy atom. The summed E-state index contributed by atoms with van der Waals surface area (Å²) < 4.78 is 6.64. The van der Waals surface area contributed by atoms with E-state index in [1.165, 1.54) is 14.0 Å². The summed E-state index contributed by atoms with van der Waals surface area (Å²) in [5, 5.41) is 9.09. The predicted octanol–water partition coefficient (Wildman–Crippen LogP) is 1.17. The second-order valence-electron chi connectivity index (χ2n) is 3.88. The highest BCUT2D eigenvalue weighted by atomic mass is 16.5. The number of hydrogen-bond donors (Lipinski definition) is 1. The largest absolute Gasteiger partial charge is 0.497 e. The molecule has 0 saturated heterocycles. The monoisotopic (exact) mass is 248 g/mol. The number of carbonyl (C=O) groups is 2. The maximum Gasteiger partial charge on any atom is 0.356 e. The normalized spacial score (nSPS) is 10.6. The van der Waals surface area contributed by atoms with Crippen molar-refractivity contribution in [1.29, 1.82) is 0 Å². The molecule has 0 aliphatic heterocycles. The van der Waals surface area contributed by atoms with Gasteiger partial charge in [0, 0.05) is 12.3 Å². The van der Waals surface area contributed by atoms with Gasteiger partial charge in [-0.15, -0.1) is 0 Å². The Morgan fingerprint density at radius 1 is 1.50 bits per heavy atom. The van der Waals surface area contributed by atoms with E-state index in [4.69, 9.17) is 9.84 Å². The lowest BCUT2D eigenvalue weighted by atomic mass is 10.3. The van der Waals surface area contributed by atoms with Gasteiger partial charge in [0.15, 0.2) is 5.69 Å². The van der Waals surface area contributed by atoms with Crippen molar-refractivity contribution in [2.45, 2.75) is 13.3 Å². The van der Waals surface area contributed by atoms with Gasteiger partial charge in [-0.05, 0) is 13.0 Å². The molecule has 0 spiro atoms. The number of aromatic nitrogens is 2. The minimum Gasteiger partial charge on any atom is -0.497 e. The van der Waals surface area contributed by atoms with Gasteiger partial charge in [0.2, 0.25) is 0 Å². The molecule has 0 unspecified atom stereocenters. The molecule has 6 heteroatoms. The number of rotatable bonds is 4. The number of aromatic carboxylic acids is 1. The number of pyridine rings is 1. The number of carbonyl (C=O) groups excluding carboxylic acids is 1. The lowest BCUT2D eigenvalue weighted by molar-refractivity contribution is -0.116. The average Bonchev–Trinajstić information content (AvgIpc) is 2.66. The number of ketones is 1. The number of nitrogens with zero attached hydrogens (tertiary/aromatic N) is 2. The van der Waals surface area contributed by atoms with Crippen molar-refractivity contribution in [2.75, 3.05) is 7.11 Å². The maximum absolute atomic E-state index is 11.1. The topological polar surface area (TPSA) is 80.9 Å². The Labute approximate surface area is 103 Å². The third kappa shape index (κ3) is 2.04. The first-order chi connectivity index (χ1) is 8.52. The van der Waals surface area contributed by atoms with Crippen molar-refractivity contribution < 1.29 is 19.4 Å². The van der Waals surface area contributed by atoms with E-state index in [2.05, 4.69) is 4.98 Å². The highest BCUT2D eigenvalue weighted by Gasteiger charge is 2.17. The molecule has 0 aliphatic carbocycles. The summed E-state index contributed by atoms with van der Waals surface area (Å²) in [4.78, 5) is 26.2. The second kappa shape index (κ2) is 4.48. The molecule has 94 valence electrons. The molecule has 0 bridgehead atoms. The highest BCUT2D eigenvalue weighted by Crippen LogP contribution is 2.20. The Morgan fingerprint density at radius 2 is 2.22 bits per heavy atom. The van der Waals surface area contributed by atoms with Crippen molar-refractivity contribution in [3.8, 4) is 5.75 Å². The SMILES string of the molecule is COc1ccn2c(CC(C)=O)nc(C(=O)O)c2c1. The van der Waals surface area contributed by atoms with Gasteiger partial charge in [0.05, 0.1) is 19.0 Å². The summed E-state index contributed by atoms with van der Waals surface area (Å²) in [6, 6.07) is 3.27. The van der Waals surface area contributed by atoms with Gasteiger partial charge in [0.1, 0.15) is 17.4 Å². The molecular formula is C12H12N2O4. The zero-order valence-corrected chi connectivity index (χ0v) is 10.0. The molecule has 0 radical (unpaired) electrons. The van der Waals surface area contributed by atoms with E-state index in [0.717, 1.165) is 0 Å². The van der Waals surface area contributed by atoms with Crippen LogP contribution in [0, 0.1) is 0 Å². The number of hydrogen-bond acceptors (Lipinski definition) is 4. The van der Waals surface area contributed by atoms with E-state index in [1.807, 2.05) is 0 Å². The van der Waals surface area contributed by atoms with Crippen LogP contribution in [0.25, 0.3) is 5.52 Å². The first-order valence-corrected chi connectivity index (χ1v) is 5.30. The number of fused-ring (bicyclic) bond motifs is 1. The standard InChI is InChI=1S/C12H12N2O4/c1-7(15)5-10-13-11(12(16)17)9-6-8(18-2)3-4-14(9)10/h3-4,6H,5H2,1-2H3,(H,16,17). The van der Waals surface area contributed by atoms with E-state index in [-0.39, 0.29) is 17.9 Å². The van der Waals surface area contributed by atoms with Gasteiger partial charge in [-0.1, -0.05) is 0 Å². The van der Waals surface area contributed by atoms with Crippen LogP contribution in [0.2, 0.25) is 0 Å². The Kier molecular flexibility index (Phi) is 3.01. The van der Waals surface area contributed by atoms with E-state index in [1.54, 1.807) is 22.7 Å². The molecule has 2 aromatic rings. The van der Waals surface area contributed by atoms with Crippen molar-refractivity contribution in [2.24, 2.45) is 0 Å². The molecule has 1 N–H and O–H groups in total. The van der Waals surface area contributed by atoms with E-state index < -0.39 is 5.97 Å². The summed E-state index contributed by atoms with van der Waals surface area (Å²) in [7, 11) is 1.50. The van der Waals surface area contributed by atoms with Crippen LogP contribution in [-0.4, -0.2) is 33.4 Å². The van der Waals surface area contributed by atoms with Crippen molar-refractivity contribution >= 4 is 17.3 Å². The molecule has 0 saturated carbocycles. The van der Waals surface area contributed by atoms with Gasteiger partial charge >= 0.3 is 5.97 Å². The molecule has 0 aliphatic rings. The molecular weight excluding hydrogens is 236 g/mol. The number of ether oxygens (including phenoxy) is 1. The van der Waals surface area contributed by atoms with Crippen LogP contribution in [0.5, 0.6) is 5.75 Å². The van der Waals surface area contributed by atoms with E-state index in [9.17, 15) is 9.59 Å². The molecule has 0 atom stereocenters. The van der Waals surface area contributed by atoms with Gasteiger partial charge in [-0.25, -0.2) is 9.78 Å². The molecule has 6 nitrogen and oxygen atoms in total. The number of Topliss-reactive ketones (excluding diaryl/α,β-unsaturated/α-hetero) is 1. The molecule has 0 fully saturated rings. The average molecular weight is 248 g/mol. The van der Waals surface area contributed by atoms with Crippen LogP contribution >= 0.6 is 0 Å². The fourth-order valence-corrected chi connectivity index (χ4v) is 1.76. The van der Waals surface area contributed by atoms with Crippen molar-refractivity contribution in [3.05, 3.63) is 29.8 Å². The maximum atomic E-state index is 11.1. The number of methoxy groups -OCH3 is 1. The van der Waals surface area contributed by atoms with Crippen LogP contribution in [0.4, 0.5) is 0 Å². The molecule has 0 aromatic carbocycles. The fourth-order valence-electron chi connectivity index (χ4n) is 1.76. The van der Waals surface area contributed by atoms with Crippen LogP contribution in [-0.2, 0) is 11.2 Å². The summed E-state index contributed by atoms with van der Waals surface area (Å²) in [6.07, 6.45) is 1.74. The lowest BCUT2D eigenvalue weighted by Crippen LogP contribution is -2.02. The van der Waals surface area contributed by atoms with Crippen molar-refractivity contribution in [1.82, 2.24) is 9.38 Å². The van der Waals surface area contributed by atoms with E-state index in [0.29, 0.717) is 17.1 Å². The van der Waals surface area contributed by atoms with Crippen LogP contribution in [0.1, 0.15) is 23.2 Å². The van der Waals surface area contributed by atoms with E-state index >= 15 is 0 Å². The van der Waals surface area contributed by atoms with Gasteiger partial charge in [-0.3, -0.25) is 4.79 Å². The third-order valence-corrected chi connectivity index (χ3v) is 2.53. The molecule has 18 heavy (non-hydrogen) atoms. The number of carboxylic acids is 1. The smallest absolute Gasteiger partial charge is 0.356 e. The highest BCUT2D eigenvalue weighted by molar-refractivity contribution is 5.94. The summed E-state index contributed by atoms with van der Waals surface area (Å²) in [5.74, 6) is -0.248. The Bertz CT molecular complexity index is 630. The molecule has 2 aromatic heterocycles. The Balaban J connectivity index is 2.67. The van der Waals surface area contributed by atoms with Gasteiger partial charge < -0.3 is 14.2 Å². The Hall–Kier alpha value is -2.37. The van der Waals surface area contributed by atoms with Crippen molar-refractivity contribution in [3.63, 3.8) is 0 Å². The quantitative estimate of drug-likeness (QED) is 0.878. The zero-order chi connectivity index (χ0) is 13.3. The number of carboxylic acid groups (broad SMARTS) is 1. The first-order valence-electron chi connectivity index (χ1n) is 5.30.